The van der Waals surface area contributed by atoms with E-state index in [0.29, 0.717) is 6.54 Å². The third kappa shape index (κ3) is 4.05. The highest BCUT2D eigenvalue weighted by molar-refractivity contribution is 5.74. The smallest absolute Gasteiger partial charge is 0.317 e. The summed E-state index contributed by atoms with van der Waals surface area (Å²) in [6.07, 6.45) is 0. The van der Waals surface area contributed by atoms with E-state index < -0.39 is 0 Å². The van der Waals surface area contributed by atoms with Crippen LogP contribution in [0.3, 0.4) is 0 Å². The number of amides is 2. The summed E-state index contributed by atoms with van der Waals surface area (Å²) in [4.78, 5) is 15.6. The highest BCUT2D eigenvalue weighted by Gasteiger charge is 2.20. The minimum absolute atomic E-state index is 0.0219. The first-order valence-corrected chi connectivity index (χ1v) is 5.52. The van der Waals surface area contributed by atoms with Crippen LogP contribution in [0.25, 0.3) is 0 Å². The minimum atomic E-state index is 0.0219. The predicted molar refractivity (Wildman–Crippen MR) is 58.8 cm³/mol. The van der Waals surface area contributed by atoms with Gasteiger partial charge in [-0.2, -0.15) is 0 Å². The van der Waals surface area contributed by atoms with Crippen LogP contribution in [0.1, 0.15) is 13.8 Å². The molecule has 0 spiro atoms. The van der Waals surface area contributed by atoms with Crippen LogP contribution in [0.2, 0.25) is 0 Å². The molecule has 1 aliphatic heterocycles. The molecule has 1 rings (SSSR count). The van der Waals surface area contributed by atoms with E-state index in [2.05, 4.69) is 10.2 Å². The fourth-order valence-electron chi connectivity index (χ4n) is 1.65. The Morgan fingerprint density at radius 2 is 1.93 bits per heavy atom. The predicted octanol–water partition coefficient (Wildman–Crippen LogP) is -0.286. The van der Waals surface area contributed by atoms with Gasteiger partial charge in [-0.05, 0) is 13.8 Å². The summed E-state index contributed by atoms with van der Waals surface area (Å²) in [6, 6.07) is 0.210. The quantitative estimate of drug-likeness (QED) is 0.680. The number of aliphatic hydroxyl groups excluding tert-OH is 1. The maximum atomic E-state index is 11.6. The van der Waals surface area contributed by atoms with Crippen LogP contribution in [-0.4, -0.2) is 66.3 Å². The first kappa shape index (κ1) is 12.3. The fourth-order valence-corrected chi connectivity index (χ4v) is 1.65. The van der Waals surface area contributed by atoms with Crippen LogP contribution in [-0.2, 0) is 0 Å². The Balaban J connectivity index is 2.27. The first-order valence-electron chi connectivity index (χ1n) is 5.52. The van der Waals surface area contributed by atoms with Crippen molar-refractivity contribution in [3.8, 4) is 0 Å². The molecule has 1 fully saturated rings. The number of piperazine rings is 1. The van der Waals surface area contributed by atoms with E-state index in [1.54, 1.807) is 0 Å². The van der Waals surface area contributed by atoms with Crippen molar-refractivity contribution in [1.29, 1.82) is 0 Å². The zero-order chi connectivity index (χ0) is 11.3. The third-order valence-corrected chi connectivity index (χ3v) is 2.49. The van der Waals surface area contributed by atoms with Crippen molar-refractivity contribution in [1.82, 2.24) is 15.1 Å². The van der Waals surface area contributed by atoms with E-state index in [-0.39, 0.29) is 18.7 Å². The summed E-state index contributed by atoms with van der Waals surface area (Å²) in [5, 5.41) is 11.7. The summed E-state index contributed by atoms with van der Waals surface area (Å²) < 4.78 is 0. The average molecular weight is 215 g/mol. The van der Waals surface area contributed by atoms with E-state index >= 15 is 0 Å². The second-order valence-corrected chi connectivity index (χ2v) is 4.16. The summed E-state index contributed by atoms with van der Waals surface area (Å²) >= 11 is 0. The van der Waals surface area contributed by atoms with Crippen molar-refractivity contribution >= 4 is 6.03 Å². The Labute approximate surface area is 91.0 Å². The zero-order valence-electron chi connectivity index (χ0n) is 9.57. The molecule has 5 heteroatoms. The molecule has 2 N–H and O–H groups in total. The fraction of sp³-hybridized carbons (Fsp3) is 0.900. The molecule has 0 aliphatic carbocycles. The summed E-state index contributed by atoms with van der Waals surface area (Å²) in [7, 11) is 0. The summed E-state index contributed by atoms with van der Waals surface area (Å²) in [6.45, 7) is 8.02. The lowest BCUT2D eigenvalue weighted by Crippen LogP contribution is -2.53. The third-order valence-electron chi connectivity index (χ3n) is 2.49. The molecule has 0 atom stereocenters. The maximum absolute atomic E-state index is 11.6. The molecule has 1 heterocycles. The molecule has 15 heavy (non-hydrogen) atoms. The Morgan fingerprint density at radius 3 is 2.40 bits per heavy atom. The van der Waals surface area contributed by atoms with Gasteiger partial charge in [0.1, 0.15) is 0 Å². The Hall–Kier alpha value is -0.810. The lowest BCUT2D eigenvalue weighted by Gasteiger charge is -2.34. The number of aliphatic hydroxyl groups is 1. The number of nitrogens with one attached hydrogen (secondary N) is 1. The topological polar surface area (TPSA) is 55.8 Å². The molecule has 0 radical (unpaired) electrons. The molecule has 0 unspecified atom stereocenters. The number of rotatable bonds is 3. The number of carbonyl (C=O) groups is 1. The molecule has 0 aromatic heterocycles. The number of β-amino-alcohol motifs (C(OH)–C–C–N with tert-alkyl or cyclic N) is 1. The molecule has 5 nitrogen and oxygen atoms in total. The lowest BCUT2D eigenvalue weighted by atomic mass is 10.3. The van der Waals surface area contributed by atoms with Crippen molar-refractivity contribution < 1.29 is 9.90 Å². The molecule has 1 aliphatic rings. The van der Waals surface area contributed by atoms with Crippen LogP contribution in [0.4, 0.5) is 4.79 Å². The van der Waals surface area contributed by atoms with Gasteiger partial charge in [-0.25, -0.2) is 4.79 Å². The second-order valence-electron chi connectivity index (χ2n) is 4.16. The number of hydrogen-bond donors (Lipinski definition) is 2. The van der Waals surface area contributed by atoms with E-state index in [1.807, 2.05) is 18.7 Å². The van der Waals surface area contributed by atoms with Crippen LogP contribution >= 0.6 is 0 Å². The largest absolute Gasteiger partial charge is 0.395 e. The van der Waals surface area contributed by atoms with Gasteiger partial charge >= 0.3 is 6.03 Å². The number of carbonyl (C=O) groups excluding carboxylic acids is 1. The molecule has 0 aromatic rings. The van der Waals surface area contributed by atoms with Crippen LogP contribution < -0.4 is 5.32 Å². The first-order chi connectivity index (χ1) is 7.13. The van der Waals surface area contributed by atoms with Gasteiger partial charge < -0.3 is 15.3 Å². The molecular weight excluding hydrogens is 194 g/mol. The van der Waals surface area contributed by atoms with Gasteiger partial charge in [-0.1, -0.05) is 0 Å². The normalized spacial score (nSPS) is 18.3. The van der Waals surface area contributed by atoms with E-state index in [1.165, 1.54) is 0 Å². The summed E-state index contributed by atoms with van der Waals surface area (Å²) in [5.74, 6) is 0. The standard InChI is InChI=1S/C10H21N3O2/c1-9(2)11-10(15)13-5-3-12(4-6-13)7-8-14/h9,14H,3-8H2,1-2H3,(H,11,15). The van der Waals surface area contributed by atoms with Gasteiger partial charge in [0.2, 0.25) is 0 Å². The number of urea groups is 1. The monoisotopic (exact) mass is 215 g/mol. The van der Waals surface area contributed by atoms with Crippen molar-refractivity contribution in [2.45, 2.75) is 19.9 Å². The van der Waals surface area contributed by atoms with E-state index in [4.69, 9.17) is 5.11 Å². The highest BCUT2D eigenvalue weighted by Crippen LogP contribution is 2.01. The van der Waals surface area contributed by atoms with Gasteiger partial charge in [-0.15, -0.1) is 0 Å². The van der Waals surface area contributed by atoms with E-state index in [9.17, 15) is 4.79 Å². The van der Waals surface area contributed by atoms with Crippen molar-refractivity contribution in [2.75, 3.05) is 39.3 Å². The average Bonchev–Trinajstić information content (AvgIpc) is 2.18. The van der Waals surface area contributed by atoms with Gasteiger partial charge in [0.05, 0.1) is 6.61 Å². The van der Waals surface area contributed by atoms with Crippen molar-refractivity contribution in [2.24, 2.45) is 0 Å². The molecule has 0 saturated carbocycles. The molecule has 1 saturated heterocycles. The molecule has 2 amide bonds. The molecule has 0 aromatic carbocycles. The van der Waals surface area contributed by atoms with Crippen LogP contribution in [0, 0.1) is 0 Å². The Bertz CT molecular complexity index is 201. The van der Waals surface area contributed by atoms with Crippen molar-refractivity contribution in [3.63, 3.8) is 0 Å². The molecule has 88 valence electrons. The highest BCUT2D eigenvalue weighted by atomic mass is 16.3. The minimum Gasteiger partial charge on any atom is -0.395 e. The van der Waals surface area contributed by atoms with Gasteiger partial charge in [-0.3, -0.25) is 4.90 Å². The van der Waals surface area contributed by atoms with Crippen LogP contribution in [0.15, 0.2) is 0 Å². The maximum Gasteiger partial charge on any atom is 0.317 e. The SMILES string of the molecule is CC(C)NC(=O)N1CCN(CCO)CC1. The second kappa shape index (κ2) is 5.92. The van der Waals surface area contributed by atoms with Gasteiger partial charge in [0.15, 0.2) is 0 Å². The molecule has 0 bridgehead atoms. The molecular formula is C10H21N3O2. The number of hydrogen-bond acceptors (Lipinski definition) is 3. The van der Waals surface area contributed by atoms with Crippen LogP contribution in [0.5, 0.6) is 0 Å². The summed E-state index contributed by atoms with van der Waals surface area (Å²) in [5.41, 5.74) is 0. The Kier molecular flexibility index (Phi) is 4.84. The van der Waals surface area contributed by atoms with E-state index in [0.717, 1.165) is 26.2 Å². The lowest BCUT2D eigenvalue weighted by molar-refractivity contribution is 0.121. The Morgan fingerprint density at radius 1 is 1.33 bits per heavy atom. The van der Waals surface area contributed by atoms with Crippen molar-refractivity contribution in [3.05, 3.63) is 0 Å². The van der Waals surface area contributed by atoms with Gasteiger partial charge in [0.25, 0.3) is 0 Å². The zero-order valence-corrected chi connectivity index (χ0v) is 9.57. The van der Waals surface area contributed by atoms with Gasteiger partial charge in [0, 0.05) is 38.8 Å². The number of nitrogens with zero attached hydrogens (tertiary/aromatic N) is 2.